The van der Waals surface area contributed by atoms with Crippen LogP contribution in [0, 0.1) is 5.92 Å². The number of aromatic carboxylic acids is 1. The Labute approximate surface area is 106 Å². The first-order valence-electron chi connectivity index (χ1n) is 5.77. The maximum atomic E-state index is 11.6. The highest BCUT2D eigenvalue weighted by atomic mass is 16.4. The summed E-state index contributed by atoms with van der Waals surface area (Å²) >= 11 is 0. The molecule has 98 valence electrons. The molecular weight excluding hydrogens is 232 g/mol. The van der Waals surface area contributed by atoms with Crippen molar-refractivity contribution in [3.8, 4) is 0 Å². The molecule has 0 aliphatic carbocycles. The average Bonchev–Trinajstić information content (AvgIpc) is 2.35. The Bertz CT molecular complexity index is 426. The number of carbonyl (C=O) groups is 2. The van der Waals surface area contributed by atoms with E-state index in [1.807, 2.05) is 13.8 Å². The van der Waals surface area contributed by atoms with Crippen LogP contribution in [0.3, 0.4) is 0 Å². The van der Waals surface area contributed by atoms with Crippen LogP contribution < -0.4 is 11.1 Å². The van der Waals surface area contributed by atoms with E-state index >= 15 is 0 Å². The Morgan fingerprint density at radius 1 is 1.28 bits per heavy atom. The van der Waals surface area contributed by atoms with E-state index in [1.165, 1.54) is 12.1 Å². The summed E-state index contributed by atoms with van der Waals surface area (Å²) in [6.45, 7) is 4.11. The van der Waals surface area contributed by atoms with Gasteiger partial charge in [0.15, 0.2) is 0 Å². The lowest BCUT2D eigenvalue weighted by Gasteiger charge is -2.15. The molecule has 18 heavy (non-hydrogen) atoms. The van der Waals surface area contributed by atoms with Gasteiger partial charge in [-0.15, -0.1) is 0 Å². The number of rotatable bonds is 5. The smallest absolute Gasteiger partial charge is 0.335 e. The van der Waals surface area contributed by atoms with Crippen molar-refractivity contribution in [2.75, 3.05) is 0 Å². The van der Waals surface area contributed by atoms with Crippen molar-refractivity contribution in [3.05, 3.63) is 35.4 Å². The molecule has 0 spiro atoms. The van der Waals surface area contributed by atoms with Crippen molar-refractivity contribution < 1.29 is 14.7 Å². The number of benzene rings is 1. The molecule has 0 aliphatic heterocycles. The third-order valence-corrected chi connectivity index (χ3v) is 2.69. The zero-order valence-corrected chi connectivity index (χ0v) is 10.5. The topological polar surface area (TPSA) is 92.4 Å². The SMILES string of the molecule is CC(C)[C@H](N)C(=O)NCc1ccc(C(=O)O)cc1. The largest absolute Gasteiger partial charge is 0.478 e. The van der Waals surface area contributed by atoms with Crippen molar-refractivity contribution in [2.24, 2.45) is 11.7 Å². The monoisotopic (exact) mass is 250 g/mol. The second-order valence-electron chi connectivity index (χ2n) is 4.49. The van der Waals surface area contributed by atoms with Gasteiger partial charge in [0.1, 0.15) is 0 Å². The van der Waals surface area contributed by atoms with Gasteiger partial charge in [-0.1, -0.05) is 26.0 Å². The summed E-state index contributed by atoms with van der Waals surface area (Å²) in [7, 11) is 0. The second-order valence-corrected chi connectivity index (χ2v) is 4.49. The normalized spacial score (nSPS) is 12.2. The van der Waals surface area contributed by atoms with Crippen molar-refractivity contribution >= 4 is 11.9 Å². The molecule has 0 saturated heterocycles. The van der Waals surface area contributed by atoms with Gasteiger partial charge >= 0.3 is 5.97 Å². The Hall–Kier alpha value is -1.88. The first-order valence-corrected chi connectivity index (χ1v) is 5.77. The van der Waals surface area contributed by atoms with Crippen LogP contribution in [0.4, 0.5) is 0 Å². The zero-order valence-electron chi connectivity index (χ0n) is 10.5. The quantitative estimate of drug-likeness (QED) is 0.726. The molecule has 1 aromatic carbocycles. The average molecular weight is 250 g/mol. The molecule has 4 N–H and O–H groups in total. The molecule has 0 saturated carbocycles. The predicted molar refractivity (Wildman–Crippen MR) is 68.1 cm³/mol. The fourth-order valence-electron chi connectivity index (χ4n) is 1.37. The summed E-state index contributed by atoms with van der Waals surface area (Å²) in [6.07, 6.45) is 0. The highest BCUT2D eigenvalue weighted by Gasteiger charge is 2.16. The van der Waals surface area contributed by atoms with E-state index in [9.17, 15) is 9.59 Å². The molecule has 1 amide bonds. The van der Waals surface area contributed by atoms with Gasteiger partial charge in [-0.2, -0.15) is 0 Å². The van der Waals surface area contributed by atoms with Crippen molar-refractivity contribution in [2.45, 2.75) is 26.4 Å². The lowest BCUT2D eigenvalue weighted by atomic mass is 10.0. The van der Waals surface area contributed by atoms with Crippen LogP contribution in [0.2, 0.25) is 0 Å². The number of nitrogens with two attached hydrogens (primary N) is 1. The first-order chi connectivity index (χ1) is 8.41. The Balaban J connectivity index is 2.54. The summed E-state index contributed by atoms with van der Waals surface area (Å²) in [5.41, 5.74) is 6.76. The van der Waals surface area contributed by atoms with Gasteiger partial charge in [0.05, 0.1) is 11.6 Å². The van der Waals surface area contributed by atoms with E-state index in [1.54, 1.807) is 12.1 Å². The summed E-state index contributed by atoms with van der Waals surface area (Å²) in [5.74, 6) is -1.08. The minimum atomic E-state index is -0.965. The second kappa shape index (κ2) is 6.16. The summed E-state index contributed by atoms with van der Waals surface area (Å²) in [4.78, 5) is 22.3. The number of hydrogen-bond acceptors (Lipinski definition) is 3. The van der Waals surface area contributed by atoms with Crippen molar-refractivity contribution in [1.29, 1.82) is 0 Å². The molecule has 1 atom stereocenters. The maximum absolute atomic E-state index is 11.6. The minimum Gasteiger partial charge on any atom is -0.478 e. The molecule has 5 heteroatoms. The van der Waals surface area contributed by atoms with E-state index in [-0.39, 0.29) is 17.4 Å². The molecular formula is C13H18N2O3. The summed E-state index contributed by atoms with van der Waals surface area (Å²) in [6, 6.07) is 5.83. The van der Waals surface area contributed by atoms with E-state index in [4.69, 9.17) is 10.8 Å². The van der Waals surface area contributed by atoms with Crippen LogP contribution >= 0.6 is 0 Å². The molecule has 0 radical (unpaired) electrons. The highest BCUT2D eigenvalue weighted by molar-refractivity contribution is 5.87. The molecule has 0 heterocycles. The summed E-state index contributed by atoms with van der Waals surface area (Å²) < 4.78 is 0. The van der Waals surface area contributed by atoms with Crippen LogP contribution in [0.15, 0.2) is 24.3 Å². The maximum Gasteiger partial charge on any atom is 0.335 e. The number of amides is 1. The molecule has 0 aromatic heterocycles. The van der Waals surface area contributed by atoms with E-state index in [0.29, 0.717) is 6.54 Å². The van der Waals surface area contributed by atoms with Gasteiger partial charge in [-0.05, 0) is 23.6 Å². The van der Waals surface area contributed by atoms with Crippen molar-refractivity contribution in [3.63, 3.8) is 0 Å². The van der Waals surface area contributed by atoms with Crippen LogP contribution in [-0.4, -0.2) is 23.0 Å². The lowest BCUT2D eigenvalue weighted by Crippen LogP contribution is -2.43. The van der Waals surface area contributed by atoms with Crippen LogP contribution in [0.25, 0.3) is 0 Å². The highest BCUT2D eigenvalue weighted by Crippen LogP contribution is 2.05. The van der Waals surface area contributed by atoms with E-state index < -0.39 is 12.0 Å². The van der Waals surface area contributed by atoms with Gasteiger partial charge in [-0.3, -0.25) is 4.79 Å². The summed E-state index contributed by atoms with van der Waals surface area (Å²) in [5, 5.41) is 11.5. The van der Waals surface area contributed by atoms with E-state index in [2.05, 4.69) is 5.32 Å². The van der Waals surface area contributed by atoms with Gasteiger partial charge in [-0.25, -0.2) is 4.79 Å². The Morgan fingerprint density at radius 3 is 2.28 bits per heavy atom. The fraction of sp³-hybridized carbons (Fsp3) is 0.385. The number of hydrogen-bond donors (Lipinski definition) is 3. The molecule has 0 fully saturated rings. The lowest BCUT2D eigenvalue weighted by molar-refractivity contribution is -0.123. The standard InChI is InChI=1S/C13H18N2O3/c1-8(2)11(14)12(16)15-7-9-3-5-10(6-4-9)13(17)18/h3-6,8,11H,7,14H2,1-2H3,(H,15,16)(H,17,18)/t11-/m0/s1. The molecule has 1 aromatic rings. The predicted octanol–water partition coefficient (Wildman–Crippen LogP) is 0.984. The Morgan fingerprint density at radius 2 is 1.83 bits per heavy atom. The fourth-order valence-corrected chi connectivity index (χ4v) is 1.37. The zero-order chi connectivity index (χ0) is 13.7. The number of nitrogens with one attached hydrogen (secondary N) is 1. The van der Waals surface area contributed by atoms with Crippen LogP contribution in [0.1, 0.15) is 29.8 Å². The number of carboxylic acid groups (broad SMARTS) is 1. The Kier molecular flexibility index (Phi) is 4.85. The third kappa shape index (κ3) is 3.85. The van der Waals surface area contributed by atoms with Gasteiger partial charge in [0.25, 0.3) is 0 Å². The van der Waals surface area contributed by atoms with Crippen LogP contribution in [-0.2, 0) is 11.3 Å². The minimum absolute atomic E-state index is 0.0828. The number of carbonyl (C=O) groups excluding carboxylic acids is 1. The first kappa shape index (κ1) is 14.2. The third-order valence-electron chi connectivity index (χ3n) is 2.69. The molecule has 0 bridgehead atoms. The van der Waals surface area contributed by atoms with E-state index in [0.717, 1.165) is 5.56 Å². The van der Waals surface area contributed by atoms with Gasteiger partial charge in [0, 0.05) is 6.54 Å². The van der Waals surface area contributed by atoms with Crippen LogP contribution in [0.5, 0.6) is 0 Å². The molecule has 5 nitrogen and oxygen atoms in total. The van der Waals surface area contributed by atoms with Gasteiger partial charge < -0.3 is 16.2 Å². The molecule has 0 unspecified atom stereocenters. The van der Waals surface area contributed by atoms with Crippen molar-refractivity contribution in [1.82, 2.24) is 5.32 Å². The molecule has 0 aliphatic rings. The molecule has 1 rings (SSSR count). The number of carboxylic acids is 1. The van der Waals surface area contributed by atoms with Gasteiger partial charge in [0.2, 0.25) is 5.91 Å².